The largest absolute Gasteiger partial charge is 0.478 e. The molecule has 1 rings (SSSR count). The Labute approximate surface area is 165 Å². The minimum absolute atomic E-state index is 0.0508. The predicted molar refractivity (Wildman–Crippen MR) is 106 cm³/mol. The number of nitrogens with one attached hydrogen (secondary N) is 2. The van der Waals surface area contributed by atoms with Gasteiger partial charge in [0.25, 0.3) is 5.91 Å². The van der Waals surface area contributed by atoms with Gasteiger partial charge in [0.1, 0.15) is 0 Å². The number of carboxylic acids is 2. The van der Waals surface area contributed by atoms with Crippen molar-refractivity contribution in [3.63, 3.8) is 0 Å². The first-order chi connectivity index (χ1) is 13.2. The third-order valence-electron chi connectivity index (χ3n) is 3.32. The molecule has 28 heavy (non-hydrogen) atoms. The summed E-state index contributed by atoms with van der Waals surface area (Å²) in [5, 5.41) is 21.9. The summed E-state index contributed by atoms with van der Waals surface area (Å²) >= 11 is 0. The van der Waals surface area contributed by atoms with E-state index in [1.165, 1.54) is 0 Å². The summed E-state index contributed by atoms with van der Waals surface area (Å²) in [6, 6.07) is 3.65. The smallest absolute Gasteiger partial charge is 0.328 e. The van der Waals surface area contributed by atoms with Crippen molar-refractivity contribution in [2.45, 2.75) is 19.8 Å². The van der Waals surface area contributed by atoms with Gasteiger partial charge in [-0.3, -0.25) is 9.78 Å². The number of aliphatic carboxylic acids is 2. The number of carboxylic acid groups (broad SMARTS) is 2. The molecule has 0 aromatic carbocycles. The number of amides is 1. The number of hydrogen-bond acceptors (Lipinski definition) is 6. The molecule has 0 atom stereocenters. The Morgan fingerprint density at radius 2 is 1.64 bits per heavy atom. The Balaban J connectivity index is 0.000000769. The lowest BCUT2D eigenvalue weighted by molar-refractivity contribution is -0.134. The highest BCUT2D eigenvalue weighted by Crippen LogP contribution is 1.98. The molecule has 156 valence electrons. The van der Waals surface area contributed by atoms with Gasteiger partial charge in [0.2, 0.25) is 0 Å². The van der Waals surface area contributed by atoms with Gasteiger partial charge >= 0.3 is 11.9 Å². The molecule has 0 bridgehead atoms. The molecule has 1 aromatic rings. The second-order valence-electron chi connectivity index (χ2n) is 6.21. The Hall–Kier alpha value is -2.78. The lowest BCUT2D eigenvalue weighted by atomic mass is 10.2. The van der Waals surface area contributed by atoms with Crippen LogP contribution in [0.1, 0.15) is 28.9 Å². The van der Waals surface area contributed by atoms with Crippen molar-refractivity contribution in [3.05, 3.63) is 41.7 Å². The normalized spacial score (nSPS) is 10.4. The third-order valence-corrected chi connectivity index (χ3v) is 3.32. The van der Waals surface area contributed by atoms with Crippen LogP contribution in [0.2, 0.25) is 0 Å². The van der Waals surface area contributed by atoms with E-state index >= 15 is 0 Å². The summed E-state index contributed by atoms with van der Waals surface area (Å²) in [5.41, 5.74) is 1.54. The number of aromatic nitrogens is 1. The average Bonchev–Trinajstić information content (AvgIpc) is 2.63. The summed E-state index contributed by atoms with van der Waals surface area (Å²) in [5.74, 6) is -2.56. The molecule has 0 aliphatic rings. The summed E-state index contributed by atoms with van der Waals surface area (Å²) in [7, 11) is 4.16. The minimum atomic E-state index is -1.26. The molecule has 1 aromatic heterocycles. The van der Waals surface area contributed by atoms with Crippen LogP contribution in [0.4, 0.5) is 0 Å². The van der Waals surface area contributed by atoms with Gasteiger partial charge in [-0.1, -0.05) is 0 Å². The molecule has 0 radical (unpaired) electrons. The SMILES string of the molecule is Cc1ccc(C(=O)NCCCNCCCN(C)C)cn1.O=C(O)/C=C/C(=O)O. The van der Waals surface area contributed by atoms with E-state index < -0.39 is 11.9 Å². The first kappa shape index (κ1) is 25.2. The highest BCUT2D eigenvalue weighted by molar-refractivity contribution is 5.93. The lowest BCUT2D eigenvalue weighted by Gasteiger charge is -2.10. The van der Waals surface area contributed by atoms with Crippen LogP contribution >= 0.6 is 0 Å². The fraction of sp³-hybridized carbons (Fsp3) is 0.474. The lowest BCUT2D eigenvalue weighted by Crippen LogP contribution is -2.28. The van der Waals surface area contributed by atoms with Crippen LogP contribution in [-0.2, 0) is 9.59 Å². The maximum atomic E-state index is 11.8. The number of carbonyl (C=O) groups is 3. The number of rotatable bonds is 11. The van der Waals surface area contributed by atoms with E-state index in [-0.39, 0.29) is 5.91 Å². The maximum absolute atomic E-state index is 11.8. The quantitative estimate of drug-likeness (QED) is 0.320. The number of aryl methyl sites for hydroxylation is 1. The van der Waals surface area contributed by atoms with Crippen molar-refractivity contribution < 1.29 is 24.6 Å². The van der Waals surface area contributed by atoms with Gasteiger partial charge in [-0.05, 0) is 65.6 Å². The van der Waals surface area contributed by atoms with Crippen LogP contribution in [0.5, 0.6) is 0 Å². The van der Waals surface area contributed by atoms with E-state index in [4.69, 9.17) is 10.2 Å². The Morgan fingerprint density at radius 3 is 2.14 bits per heavy atom. The molecule has 9 nitrogen and oxygen atoms in total. The van der Waals surface area contributed by atoms with E-state index in [9.17, 15) is 14.4 Å². The summed E-state index contributed by atoms with van der Waals surface area (Å²) in [6.07, 6.45) is 4.82. The first-order valence-corrected chi connectivity index (χ1v) is 8.92. The predicted octanol–water partition coefficient (Wildman–Crippen LogP) is 0.763. The molecule has 1 heterocycles. The fourth-order valence-electron chi connectivity index (χ4n) is 1.91. The highest BCUT2D eigenvalue weighted by atomic mass is 16.4. The van der Waals surface area contributed by atoms with Crippen molar-refractivity contribution in [2.24, 2.45) is 0 Å². The number of pyridine rings is 1. The van der Waals surface area contributed by atoms with Gasteiger partial charge in [0, 0.05) is 30.6 Å². The summed E-state index contributed by atoms with van der Waals surface area (Å²) in [6.45, 7) is 5.65. The average molecular weight is 394 g/mol. The zero-order valence-corrected chi connectivity index (χ0v) is 16.6. The van der Waals surface area contributed by atoms with E-state index in [0.717, 1.165) is 38.2 Å². The van der Waals surface area contributed by atoms with Gasteiger partial charge in [-0.2, -0.15) is 0 Å². The third kappa shape index (κ3) is 15.5. The van der Waals surface area contributed by atoms with E-state index in [1.807, 2.05) is 13.0 Å². The van der Waals surface area contributed by atoms with E-state index in [2.05, 4.69) is 34.6 Å². The molecule has 1 amide bonds. The number of carbonyl (C=O) groups excluding carboxylic acids is 1. The van der Waals surface area contributed by atoms with Gasteiger partial charge in [0.15, 0.2) is 0 Å². The monoisotopic (exact) mass is 394 g/mol. The van der Waals surface area contributed by atoms with Crippen molar-refractivity contribution in [1.82, 2.24) is 20.5 Å². The van der Waals surface area contributed by atoms with Crippen LogP contribution in [0.3, 0.4) is 0 Å². The number of hydrogen-bond donors (Lipinski definition) is 4. The molecule has 0 spiro atoms. The van der Waals surface area contributed by atoms with Crippen molar-refractivity contribution in [3.8, 4) is 0 Å². The first-order valence-electron chi connectivity index (χ1n) is 8.92. The molecular formula is C19H30N4O5. The number of nitrogens with zero attached hydrogens (tertiary/aromatic N) is 2. The Morgan fingerprint density at radius 1 is 1.04 bits per heavy atom. The van der Waals surface area contributed by atoms with Crippen LogP contribution in [0.15, 0.2) is 30.5 Å². The van der Waals surface area contributed by atoms with Crippen molar-refractivity contribution in [2.75, 3.05) is 40.3 Å². The summed E-state index contributed by atoms with van der Waals surface area (Å²) in [4.78, 5) is 37.2. The molecule has 4 N–H and O–H groups in total. The van der Waals surface area contributed by atoms with Gasteiger partial charge in [0.05, 0.1) is 5.56 Å². The molecule has 0 saturated heterocycles. The van der Waals surface area contributed by atoms with Crippen LogP contribution < -0.4 is 10.6 Å². The summed E-state index contributed by atoms with van der Waals surface area (Å²) < 4.78 is 0. The second kappa shape index (κ2) is 15.3. The maximum Gasteiger partial charge on any atom is 0.328 e. The second-order valence-corrected chi connectivity index (χ2v) is 6.21. The van der Waals surface area contributed by atoms with Crippen molar-refractivity contribution >= 4 is 17.8 Å². The fourth-order valence-corrected chi connectivity index (χ4v) is 1.91. The zero-order chi connectivity index (χ0) is 21.4. The topological polar surface area (TPSA) is 132 Å². The molecular weight excluding hydrogens is 364 g/mol. The zero-order valence-electron chi connectivity index (χ0n) is 16.6. The molecule has 0 aliphatic carbocycles. The van der Waals surface area contributed by atoms with E-state index in [0.29, 0.717) is 24.3 Å². The standard InChI is InChI=1S/C15H26N4O.C4H4O4/c1-13-6-7-14(12-18-13)15(20)17-10-4-8-16-9-5-11-19(2)3;5-3(6)1-2-4(7)8/h6-7,12,16H,4-5,8-11H2,1-3H3,(H,17,20);1-2H,(H,5,6)(H,7,8)/b;2-1+. The van der Waals surface area contributed by atoms with Crippen LogP contribution in [0.25, 0.3) is 0 Å². The molecule has 0 fully saturated rings. The Bertz CT molecular complexity index is 614. The highest BCUT2D eigenvalue weighted by Gasteiger charge is 2.04. The molecule has 0 aliphatic heterocycles. The minimum Gasteiger partial charge on any atom is -0.478 e. The van der Waals surface area contributed by atoms with E-state index in [1.54, 1.807) is 12.3 Å². The van der Waals surface area contributed by atoms with Crippen molar-refractivity contribution in [1.29, 1.82) is 0 Å². The van der Waals surface area contributed by atoms with Gasteiger partial charge in [-0.25, -0.2) is 9.59 Å². The molecule has 0 unspecified atom stereocenters. The van der Waals surface area contributed by atoms with Crippen LogP contribution in [0, 0.1) is 6.92 Å². The molecule has 9 heteroatoms. The van der Waals surface area contributed by atoms with Gasteiger partial charge < -0.3 is 25.7 Å². The van der Waals surface area contributed by atoms with Crippen LogP contribution in [-0.4, -0.2) is 78.2 Å². The van der Waals surface area contributed by atoms with Gasteiger partial charge in [-0.15, -0.1) is 0 Å². The molecule has 0 saturated carbocycles. The Kier molecular flexibility index (Phi) is 13.8.